The topological polar surface area (TPSA) is 26.3 Å². The van der Waals surface area contributed by atoms with Gasteiger partial charge in [0.05, 0.1) is 5.92 Å². The van der Waals surface area contributed by atoms with Crippen molar-refractivity contribution in [1.82, 2.24) is 0 Å². The summed E-state index contributed by atoms with van der Waals surface area (Å²) in [6.07, 6.45) is 6.65. The molecule has 0 bridgehead atoms. The van der Waals surface area contributed by atoms with Crippen molar-refractivity contribution in [3.63, 3.8) is 0 Å². The molecule has 118 valence electrons. The molecule has 0 radical (unpaired) electrons. The van der Waals surface area contributed by atoms with Crippen LogP contribution in [0.5, 0.6) is 0 Å². The van der Waals surface area contributed by atoms with Crippen LogP contribution in [0.4, 0.5) is 0 Å². The van der Waals surface area contributed by atoms with Crippen LogP contribution >= 0.6 is 0 Å². The fourth-order valence-corrected chi connectivity index (χ4v) is 3.33. The fourth-order valence-electron chi connectivity index (χ4n) is 3.33. The Kier molecular flexibility index (Phi) is 6.54. The molecule has 0 aliphatic heterocycles. The van der Waals surface area contributed by atoms with Crippen LogP contribution in [-0.2, 0) is 9.53 Å². The van der Waals surface area contributed by atoms with Gasteiger partial charge in [-0.15, -0.1) is 0 Å². The van der Waals surface area contributed by atoms with Gasteiger partial charge >= 0.3 is 5.97 Å². The number of rotatable bonds is 5. The van der Waals surface area contributed by atoms with Gasteiger partial charge in [0.15, 0.2) is 0 Å². The first kappa shape index (κ1) is 17.5. The molecule has 1 atom stereocenters. The van der Waals surface area contributed by atoms with E-state index in [1.54, 1.807) is 0 Å². The van der Waals surface area contributed by atoms with Crippen LogP contribution in [0, 0.1) is 23.2 Å². The molecule has 1 aliphatic carbocycles. The van der Waals surface area contributed by atoms with Crippen molar-refractivity contribution < 1.29 is 9.53 Å². The molecule has 0 aromatic heterocycles. The van der Waals surface area contributed by atoms with E-state index in [1.807, 2.05) is 0 Å². The second kappa shape index (κ2) is 7.47. The third-order valence-corrected chi connectivity index (χ3v) is 4.89. The minimum atomic E-state index is 0.0426. The van der Waals surface area contributed by atoms with E-state index in [0.717, 1.165) is 31.6 Å². The van der Waals surface area contributed by atoms with E-state index in [1.165, 1.54) is 12.8 Å². The standard InChI is InChI=1S/C18H34O2/c1-7-8-16(13(2)3)17(19)20-15-11-9-14(10-12-15)18(4,5)6/h13-16H,7-12H2,1-6H3. The Morgan fingerprint density at radius 2 is 1.70 bits per heavy atom. The number of hydrogen-bond acceptors (Lipinski definition) is 2. The third-order valence-electron chi connectivity index (χ3n) is 4.89. The minimum absolute atomic E-state index is 0.0426. The zero-order chi connectivity index (χ0) is 15.3. The van der Waals surface area contributed by atoms with Crippen molar-refractivity contribution in [3.05, 3.63) is 0 Å². The van der Waals surface area contributed by atoms with Gasteiger partial charge in [-0.1, -0.05) is 48.0 Å². The average molecular weight is 282 g/mol. The minimum Gasteiger partial charge on any atom is -0.462 e. The summed E-state index contributed by atoms with van der Waals surface area (Å²) in [7, 11) is 0. The summed E-state index contributed by atoms with van der Waals surface area (Å²) < 4.78 is 5.79. The summed E-state index contributed by atoms with van der Waals surface area (Å²) in [5.74, 6) is 1.28. The summed E-state index contributed by atoms with van der Waals surface area (Å²) >= 11 is 0. The lowest BCUT2D eigenvalue weighted by Crippen LogP contribution is -2.33. The molecule has 0 heterocycles. The number of ether oxygens (including phenoxy) is 1. The zero-order valence-electron chi connectivity index (χ0n) is 14.4. The van der Waals surface area contributed by atoms with Crippen LogP contribution in [0.3, 0.4) is 0 Å². The molecule has 20 heavy (non-hydrogen) atoms. The van der Waals surface area contributed by atoms with Gasteiger partial charge in [-0.3, -0.25) is 4.79 Å². The highest BCUT2D eigenvalue weighted by molar-refractivity contribution is 5.72. The lowest BCUT2D eigenvalue weighted by atomic mass is 9.72. The summed E-state index contributed by atoms with van der Waals surface area (Å²) in [5, 5.41) is 0. The third kappa shape index (κ3) is 5.10. The van der Waals surface area contributed by atoms with E-state index in [2.05, 4.69) is 41.5 Å². The van der Waals surface area contributed by atoms with Gasteiger partial charge in [0, 0.05) is 0 Å². The number of hydrogen-bond donors (Lipinski definition) is 0. The van der Waals surface area contributed by atoms with Gasteiger partial charge in [0.1, 0.15) is 6.10 Å². The highest BCUT2D eigenvalue weighted by atomic mass is 16.5. The molecule has 0 amide bonds. The van der Waals surface area contributed by atoms with E-state index in [9.17, 15) is 4.79 Å². The second-order valence-corrected chi connectivity index (χ2v) is 7.92. The quantitative estimate of drug-likeness (QED) is 0.647. The Morgan fingerprint density at radius 3 is 2.10 bits per heavy atom. The summed E-state index contributed by atoms with van der Waals surface area (Å²) in [4.78, 5) is 12.3. The second-order valence-electron chi connectivity index (χ2n) is 7.92. The van der Waals surface area contributed by atoms with Crippen molar-refractivity contribution in [3.8, 4) is 0 Å². The maximum atomic E-state index is 12.3. The number of esters is 1. The molecule has 0 saturated heterocycles. The van der Waals surface area contributed by atoms with Crippen molar-refractivity contribution in [1.29, 1.82) is 0 Å². The summed E-state index contributed by atoms with van der Waals surface area (Å²) in [6.45, 7) is 13.3. The van der Waals surface area contributed by atoms with Crippen LogP contribution in [0.25, 0.3) is 0 Å². The van der Waals surface area contributed by atoms with E-state index in [-0.39, 0.29) is 18.0 Å². The monoisotopic (exact) mass is 282 g/mol. The molecule has 1 fully saturated rings. The van der Waals surface area contributed by atoms with Crippen molar-refractivity contribution in [2.24, 2.45) is 23.2 Å². The van der Waals surface area contributed by atoms with E-state index in [4.69, 9.17) is 4.74 Å². The summed E-state index contributed by atoms with van der Waals surface area (Å²) in [6, 6.07) is 0. The maximum absolute atomic E-state index is 12.3. The van der Waals surface area contributed by atoms with Gasteiger partial charge in [-0.05, 0) is 49.4 Å². The van der Waals surface area contributed by atoms with E-state index >= 15 is 0 Å². The van der Waals surface area contributed by atoms with Crippen molar-refractivity contribution >= 4 is 5.97 Å². The lowest BCUT2D eigenvalue weighted by Gasteiger charge is -2.37. The Morgan fingerprint density at radius 1 is 1.15 bits per heavy atom. The normalized spacial score (nSPS) is 25.6. The molecule has 1 saturated carbocycles. The van der Waals surface area contributed by atoms with Crippen LogP contribution in [0.2, 0.25) is 0 Å². The number of carbonyl (C=O) groups is 1. The van der Waals surface area contributed by atoms with Gasteiger partial charge in [0.2, 0.25) is 0 Å². The molecule has 0 aromatic carbocycles. The molecule has 0 N–H and O–H groups in total. The average Bonchev–Trinajstić information content (AvgIpc) is 2.34. The van der Waals surface area contributed by atoms with E-state index in [0.29, 0.717) is 11.3 Å². The van der Waals surface area contributed by atoms with Gasteiger partial charge in [-0.2, -0.15) is 0 Å². The smallest absolute Gasteiger partial charge is 0.309 e. The SMILES string of the molecule is CCCC(C(=O)OC1CCC(C(C)(C)C)CC1)C(C)C. The molecule has 1 unspecified atom stereocenters. The Bertz CT molecular complexity index is 293. The fraction of sp³-hybridized carbons (Fsp3) is 0.944. The Balaban J connectivity index is 2.45. The van der Waals surface area contributed by atoms with Crippen LogP contribution in [-0.4, -0.2) is 12.1 Å². The molecule has 0 aromatic rings. The molecule has 1 rings (SSSR count). The van der Waals surface area contributed by atoms with E-state index < -0.39 is 0 Å². The predicted octanol–water partition coefficient (Wildman–Crippen LogP) is 5.21. The van der Waals surface area contributed by atoms with Crippen molar-refractivity contribution in [2.75, 3.05) is 0 Å². The molecular formula is C18H34O2. The first-order chi connectivity index (χ1) is 9.25. The van der Waals surface area contributed by atoms with Gasteiger partial charge < -0.3 is 4.74 Å². The lowest BCUT2D eigenvalue weighted by molar-refractivity contribution is -0.158. The van der Waals surface area contributed by atoms with Gasteiger partial charge in [0.25, 0.3) is 0 Å². The van der Waals surface area contributed by atoms with Crippen LogP contribution < -0.4 is 0 Å². The first-order valence-electron chi connectivity index (χ1n) is 8.46. The molecular weight excluding hydrogens is 248 g/mol. The maximum Gasteiger partial charge on any atom is 0.309 e. The van der Waals surface area contributed by atoms with Crippen molar-refractivity contribution in [2.45, 2.75) is 86.2 Å². The highest BCUT2D eigenvalue weighted by Gasteiger charge is 2.32. The first-order valence-corrected chi connectivity index (χ1v) is 8.46. The number of carbonyl (C=O) groups excluding carboxylic acids is 1. The Labute approximate surface area is 125 Å². The van der Waals surface area contributed by atoms with Crippen LogP contribution in [0.1, 0.15) is 80.1 Å². The Hall–Kier alpha value is -0.530. The molecule has 2 heteroatoms. The van der Waals surface area contributed by atoms with Crippen LogP contribution in [0.15, 0.2) is 0 Å². The van der Waals surface area contributed by atoms with Gasteiger partial charge in [-0.25, -0.2) is 0 Å². The summed E-state index contributed by atoms with van der Waals surface area (Å²) in [5.41, 5.74) is 0.387. The molecule has 1 aliphatic rings. The predicted molar refractivity (Wildman–Crippen MR) is 84.5 cm³/mol. The molecule has 2 nitrogen and oxygen atoms in total. The highest BCUT2D eigenvalue weighted by Crippen LogP contribution is 2.38. The molecule has 0 spiro atoms. The zero-order valence-corrected chi connectivity index (χ0v) is 14.4. The largest absolute Gasteiger partial charge is 0.462 e.